The summed E-state index contributed by atoms with van der Waals surface area (Å²) in [5.74, 6) is -2.01. The Morgan fingerprint density at radius 1 is 1.13 bits per heavy atom. The van der Waals surface area contributed by atoms with Gasteiger partial charge in [-0.1, -0.05) is 26.0 Å². The van der Waals surface area contributed by atoms with E-state index in [0.29, 0.717) is 18.7 Å². The van der Waals surface area contributed by atoms with Gasteiger partial charge in [-0.05, 0) is 42.8 Å². The Hall–Kier alpha value is -3.04. The van der Waals surface area contributed by atoms with Crippen molar-refractivity contribution in [2.75, 3.05) is 18.4 Å². The number of carbonyl (C=O) groups is 2. The zero-order valence-corrected chi connectivity index (χ0v) is 17.8. The first-order valence-corrected chi connectivity index (χ1v) is 10.7. The Labute approximate surface area is 175 Å². The number of hydrogen-bond acceptors (Lipinski definition) is 4. The third kappa shape index (κ3) is 5.31. The third-order valence-electron chi connectivity index (χ3n) is 4.54. The van der Waals surface area contributed by atoms with Crippen LogP contribution in [0.15, 0.2) is 47.4 Å². The van der Waals surface area contributed by atoms with E-state index in [1.54, 1.807) is 26.0 Å². The average molecular weight is 434 g/mol. The first kappa shape index (κ1) is 23.2. The second kappa shape index (κ2) is 9.64. The van der Waals surface area contributed by atoms with Gasteiger partial charge >= 0.3 is 0 Å². The lowest BCUT2D eigenvalue weighted by Crippen LogP contribution is -2.30. The van der Waals surface area contributed by atoms with Crippen molar-refractivity contribution in [3.8, 4) is 0 Å². The maximum absolute atomic E-state index is 13.9. The van der Waals surface area contributed by atoms with Crippen LogP contribution in [-0.4, -0.2) is 37.6 Å². The number of halogens is 1. The van der Waals surface area contributed by atoms with Crippen molar-refractivity contribution in [3.05, 3.63) is 65.0 Å². The Balaban J connectivity index is 2.15. The van der Waals surface area contributed by atoms with Crippen molar-refractivity contribution in [1.29, 1.82) is 0 Å². The summed E-state index contributed by atoms with van der Waals surface area (Å²) >= 11 is 0. The van der Waals surface area contributed by atoms with Crippen LogP contribution in [0, 0.1) is 12.7 Å². The van der Waals surface area contributed by atoms with Gasteiger partial charge in [0, 0.05) is 36.0 Å². The van der Waals surface area contributed by atoms with Crippen LogP contribution in [0.25, 0.3) is 6.08 Å². The smallest absolute Gasteiger partial charge is 0.248 e. The quantitative estimate of drug-likeness (QED) is 0.624. The van der Waals surface area contributed by atoms with Crippen LogP contribution in [0.2, 0.25) is 0 Å². The lowest BCUT2D eigenvalue weighted by Gasteiger charge is -2.18. The summed E-state index contributed by atoms with van der Waals surface area (Å²) in [4.78, 5) is 23.6. The first-order valence-electron chi connectivity index (χ1n) is 9.29. The van der Waals surface area contributed by atoms with Crippen molar-refractivity contribution in [2.24, 2.45) is 5.73 Å². The fourth-order valence-electron chi connectivity index (χ4n) is 2.76. The van der Waals surface area contributed by atoms with Gasteiger partial charge in [-0.25, -0.2) is 12.8 Å². The fourth-order valence-corrected chi connectivity index (χ4v) is 4.22. The molecule has 2 amide bonds. The van der Waals surface area contributed by atoms with Crippen molar-refractivity contribution in [1.82, 2.24) is 4.31 Å². The maximum atomic E-state index is 13.9. The number of amides is 2. The fraction of sp³-hybridized carbons (Fsp3) is 0.238. The molecule has 0 aliphatic carbocycles. The molecule has 0 radical (unpaired) electrons. The molecule has 0 heterocycles. The molecular formula is C21H24FN3O4S. The molecule has 0 saturated carbocycles. The minimum absolute atomic E-state index is 0.0534. The molecule has 0 saturated heterocycles. The topological polar surface area (TPSA) is 110 Å². The minimum Gasteiger partial charge on any atom is -0.366 e. The highest BCUT2D eigenvalue weighted by molar-refractivity contribution is 7.89. The average Bonchev–Trinajstić information content (AvgIpc) is 2.70. The Morgan fingerprint density at radius 3 is 2.27 bits per heavy atom. The lowest BCUT2D eigenvalue weighted by atomic mass is 10.1. The second-order valence-electron chi connectivity index (χ2n) is 6.48. The van der Waals surface area contributed by atoms with Gasteiger partial charge in [-0.3, -0.25) is 9.59 Å². The number of benzene rings is 2. The Bertz CT molecular complexity index is 1080. The highest BCUT2D eigenvalue weighted by Gasteiger charge is 2.21. The van der Waals surface area contributed by atoms with Crippen molar-refractivity contribution in [3.63, 3.8) is 0 Å². The molecule has 0 spiro atoms. The minimum atomic E-state index is -3.55. The number of hydrogen-bond donors (Lipinski definition) is 2. The van der Waals surface area contributed by atoms with Crippen molar-refractivity contribution < 1.29 is 22.4 Å². The van der Waals surface area contributed by atoms with E-state index in [-0.39, 0.29) is 21.7 Å². The molecule has 2 aromatic rings. The number of anilines is 1. The van der Waals surface area contributed by atoms with E-state index in [4.69, 9.17) is 5.73 Å². The highest BCUT2D eigenvalue weighted by atomic mass is 32.2. The molecule has 0 unspecified atom stereocenters. The molecule has 0 aliphatic heterocycles. The molecule has 0 bridgehead atoms. The second-order valence-corrected chi connectivity index (χ2v) is 8.41. The van der Waals surface area contributed by atoms with Gasteiger partial charge in [0.25, 0.3) is 0 Å². The Kier molecular flexibility index (Phi) is 7.47. The molecule has 0 aromatic heterocycles. The lowest BCUT2D eigenvalue weighted by molar-refractivity contribution is -0.111. The number of primary amides is 1. The molecule has 0 atom stereocenters. The molecule has 30 heavy (non-hydrogen) atoms. The summed E-state index contributed by atoms with van der Waals surface area (Å²) < 4.78 is 40.2. The first-order chi connectivity index (χ1) is 14.1. The standard InChI is InChI=1S/C21H24FN3O4S/c1-4-25(5-2)30(28,29)17-9-6-15(7-10-17)8-11-20(26)24-19-13-16(21(23)27)12-18(22)14(19)3/h6-13H,4-5H2,1-3H3,(H2,23,27)(H,24,26)/b11-8+. The zero-order valence-electron chi connectivity index (χ0n) is 17.0. The summed E-state index contributed by atoms with van der Waals surface area (Å²) in [6.07, 6.45) is 2.72. The molecule has 160 valence electrons. The van der Waals surface area contributed by atoms with E-state index in [0.717, 1.165) is 6.07 Å². The molecule has 0 aliphatic rings. The SMILES string of the molecule is CCN(CC)S(=O)(=O)c1ccc(/C=C/C(=O)Nc2cc(C(N)=O)cc(F)c2C)cc1. The number of nitrogens with two attached hydrogens (primary N) is 1. The van der Waals surface area contributed by atoms with E-state index >= 15 is 0 Å². The molecular weight excluding hydrogens is 409 g/mol. The zero-order chi connectivity index (χ0) is 22.5. The van der Waals surface area contributed by atoms with E-state index < -0.39 is 27.7 Å². The van der Waals surface area contributed by atoms with Crippen LogP contribution in [-0.2, 0) is 14.8 Å². The molecule has 0 fully saturated rings. The third-order valence-corrected chi connectivity index (χ3v) is 6.60. The van der Waals surface area contributed by atoms with Gasteiger partial charge in [0.2, 0.25) is 21.8 Å². The Morgan fingerprint density at radius 2 is 1.73 bits per heavy atom. The predicted octanol–water partition coefficient (Wildman–Crippen LogP) is 2.92. The summed E-state index contributed by atoms with van der Waals surface area (Å²) in [5.41, 5.74) is 6.04. The number of carbonyl (C=O) groups excluding carboxylic acids is 2. The predicted molar refractivity (Wildman–Crippen MR) is 114 cm³/mol. The van der Waals surface area contributed by atoms with Gasteiger partial charge in [-0.15, -0.1) is 0 Å². The summed E-state index contributed by atoms with van der Waals surface area (Å²) in [7, 11) is -3.55. The van der Waals surface area contributed by atoms with E-state index in [2.05, 4.69) is 5.32 Å². The molecule has 2 aromatic carbocycles. The van der Waals surface area contributed by atoms with Gasteiger partial charge in [0.15, 0.2) is 0 Å². The van der Waals surface area contributed by atoms with Gasteiger partial charge in [0.1, 0.15) is 5.82 Å². The van der Waals surface area contributed by atoms with Crippen LogP contribution >= 0.6 is 0 Å². The van der Waals surface area contributed by atoms with E-state index in [1.165, 1.54) is 41.6 Å². The number of rotatable bonds is 8. The van der Waals surface area contributed by atoms with Crippen LogP contribution < -0.4 is 11.1 Å². The number of nitrogens with zero attached hydrogens (tertiary/aromatic N) is 1. The number of sulfonamides is 1. The largest absolute Gasteiger partial charge is 0.366 e. The van der Waals surface area contributed by atoms with Crippen molar-refractivity contribution >= 4 is 33.6 Å². The van der Waals surface area contributed by atoms with E-state index in [1.807, 2.05) is 0 Å². The van der Waals surface area contributed by atoms with Crippen LogP contribution in [0.1, 0.15) is 35.3 Å². The van der Waals surface area contributed by atoms with Gasteiger partial charge in [-0.2, -0.15) is 4.31 Å². The summed E-state index contributed by atoms with van der Waals surface area (Å²) in [6.45, 7) is 5.75. The van der Waals surface area contributed by atoms with Crippen LogP contribution in [0.3, 0.4) is 0 Å². The monoisotopic (exact) mass is 433 g/mol. The summed E-state index contributed by atoms with van der Waals surface area (Å²) in [5, 5.41) is 2.51. The summed E-state index contributed by atoms with van der Waals surface area (Å²) in [6, 6.07) is 8.43. The van der Waals surface area contributed by atoms with Gasteiger partial charge < -0.3 is 11.1 Å². The highest BCUT2D eigenvalue weighted by Crippen LogP contribution is 2.21. The van der Waals surface area contributed by atoms with Crippen LogP contribution in [0.4, 0.5) is 10.1 Å². The maximum Gasteiger partial charge on any atom is 0.248 e. The number of nitrogens with one attached hydrogen (secondary N) is 1. The van der Waals surface area contributed by atoms with Gasteiger partial charge in [0.05, 0.1) is 4.90 Å². The molecule has 9 heteroatoms. The molecule has 2 rings (SSSR count). The van der Waals surface area contributed by atoms with Crippen LogP contribution in [0.5, 0.6) is 0 Å². The van der Waals surface area contributed by atoms with E-state index in [9.17, 15) is 22.4 Å². The molecule has 3 N–H and O–H groups in total. The normalized spacial score (nSPS) is 11.8. The van der Waals surface area contributed by atoms with Crippen molar-refractivity contribution in [2.45, 2.75) is 25.7 Å². The molecule has 7 nitrogen and oxygen atoms in total.